The number of nitrogens with zero attached hydrogens (tertiary/aromatic N) is 3. The van der Waals surface area contributed by atoms with Crippen molar-refractivity contribution in [2.45, 2.75) is 19.4 Å². The highest BCUT2D eigenvalue weighted by Gasteiger charge is 2.34. The first-order chi connectivity index (χ1) is 18.0. The molecule has 0 unspecified atom stereocenters. The molecule has 1 fully saturated rings. The molecule has 10 heteroatoms. The Kier molecular flexibility index (Phi) is 5.72. The van der Waals surface area contributed by atoms with E-state index >= 15 is 0 Å². The molecule has 0 radical (unpaired) electrons. The average molecular weight is 514 g/mol. The molecule has 0 bridgehead atoms. The standard InChI is InChI=1S/C27H23N5O4S/c1-16(33)31-14-12-17(15-31)29-25(34)24-23-22-21(11-13-28-26(22)37-24)32(27(35)30-23)18-7-9-20(10-8-18)36-19-5-3-2-4-6-19/h2-11,13,17H,12,14-15H2,1H3,(H,29,34)(H,30,35)/t17-/m0/s1. The molecule has 2 aliphatic rings. The molecule has 4 heterocycles. The molecule has 0 aliphatic carbocycles. The van der Waals surface area contributed by atoms with Crippen LogP contribution in [0.2, 0.25) is 0 Å². The van der Waals surface area contributed by atoms with Crippen molar-refractivity contribution in [3.8, 4) is 11.5 Å². The first-order valence-corrected chi connectivity index (χ1v) is 12.7. The Morgan fingerprint density at radius 2 is 1.84 bits per heavy atom. The summed E-state index contributed by atoms with van der Waals surface area (Å²) in [7, 11) is 0. The van der Waals surface area contributed by atoms with Gasteiger partial charge in [0.05, 0.1) is 22.4 Å². The van der Waals surface area contributed by atoms with Crippen LogP contribution >= 0.6 is 11.3 Å². The summed E-state index contributed by atoms with van der Waals surface area (Å²) in [5.74, 6) is 1.09. The van der Waals surface area contributed by atoms with Crippen LogP contribution < -0.4 is 20.3 Å². The van der Waals surface area contributed by atoms with Gasteiger partial charge < -0.3 is 20.3 Å². The molecule has 6 rings (SSSR count). The number of nitrogens with one attached hydrogen (secondary N) is 2. The van der Waals surface area contributed by atoms with Crippen LogP contribution in [0.15, 0.2) is 66.9 Å². The number of anilines is 3. The van der Waals surface area contributed by atoms with Crippen LogP contribution in [0.3, 0.4) is 0 Å². The fourth-order valence-corrected chi connectivity index (χ4v) is 5.73. The zero-order chi connectivity index (χ0) is 25.5. The number of hydrogen-bond acceptors (Lipinski definition) is 6. The van der Waals surface area contributed by atoms with E-state index in [9.17, 15) is 14.4 Å². The number of ether oxygens (including phenoxy) is 1. The monoisotopic (exact) mass is 513 g/mol. The molecule has 0 saturated carbocycles. The summed E-state index contributed by atoms with van der Waals surface area (Å²) in [6.07, 6.45) is 2.33. The predicted molar refractivity (Wildman–Crippen MR) is 142 cm³/mol. The molecule has 0 spiro atoms. The Balaban J connectivity index is 1.28. The maximum absolute atomic E-state index is 13.3. The van der Waals surface area contributed by atoms with Crippen molar-refractivity contribution in [1.29, 1.82) is 0 Å². The molecule has 9 nitrogen and oxygen atoms in total. The number of hydrogen-bond donors (Lipinski definition) is 2. The van der Waals surface area contributed by atoms with Gasteiger partial charge in [0, 0.05) is 32.3 Å². The molecule has 2 aromatic heterocycles. The fourth-order valence-electron chi connectivity index (χ4n) is 4.70. The highest BCUT2D eigenvalue weighted by atomic mass is 32.1. The van der Waals surface area contributed by atoms with Gasteiger partial charge in [-0.15, -0.1) is 11.3 Å². The quantitative estimate of drug-likeness (QED) is 0.385. The van der Waals surface area contributed by atoms with Gasteiger partial charge in [0.1, 0.15) is 21.2 Å². The summed E-state index contributed by atoms with van der Waals surface area (Å²) in [4.78, 5) is 46.9. The maximum atomic E-state index is 13.3. The number of carbonyl (C=O) groups is 3. The summed E-state index contributed by atoms with van der Waals surface area (Å²) < 4.78 is 5.87. The number of para-hydroxylation sites is 1. The normalized spacial score (nSPS) is 16.6. The van der Waals surface area contributed by atoms with Gasteiger partial charge in [0.25, 0.3) is 5.91 Å². The van der Waals surface area contributed by atoms with Gasteiger partial charge in [-0.05, 0) is 48.9 Å². The Labute approximate surface area is 216 Å². The zero-order valence-corrected chi connectivity index (χ0v) is 20.7. The van der Waals surface area contributed by atoms with Crippen LogP contribution in [-0.4, -0.2) is 46.9 Å². The molecule has 4 amide bonds. The summed E-state index contributed by atoms with van der Waals surface area (Å²) >= 11 is 1.24. The second-order valence-electron chi connectivity index (χ2n) is 8.92. The Morgan fingerprint density at radius 1 is 1.08 bits per heavy atom. The topological polar surface area (TPSA) is 104 Å². The van der Waals surface area contributed by atoms with Crippen LogP contribution in [0.5, 0.6) is 11.5 Å². The molecule has 2 aliphatic heterocycles. The third-order valence-electron chi connectivity index (χ3n) is 6.49. The van der Waals surface area contributed by atoms with Gasteiger partial charge >= 0.3 is 6.03 Å². The van der Waals surface area contributed by atoms with E-state index in [4.69, 9.17) is 4.74 Å². The van der Waals surface area contributed by atoms with Crippen molar-refractivity contribution < 1.29 is 19.1 Å². The lowest BCUT2D eigenvalue weighted by atomic mass is 10.1. The molecule has 2 N–H and O–H groups in total. The minimum Gasteiger partial charge on any atom is -0.457 e. The number of likely N-dealkylation sites (tertiary alicyclic amines) is 1. The van der Waals surface area contributed by atoms with E-state index in [1.54, 1.807) is 22.1 Å². The maximum Gasteiger partial charge on any atom is 0.331 e. The first-order valence-electron chi connectivity index (χ1n) is 11.9. The van der Waals surface area contributed by atoms with Crippen LogP contribution in [0.4, 0.5) is 21.9 Å². The lowest BCUT2D eigenvalue weighted by Crippen LogP contribution is -2.38. The fraction of sp³-hybridized carbons (Fsp3) is 0.185. The molecule has 186 valence electrons. The smallest absolute Gasteiger partial charge is 0.331 e. The number of amides is 4. The third-order valence-corrected chi connectivity index (χ3v) is 7.59. The minimum absolute atomic E-state index is 0.00504. The van der Waals surface area contributed by atoms with Crippen molar-refractivity contribution in [2.24, 2.45) is 0 Å². The number of benzene rings is 2. The molecule has 1 saturated heterocycles. The second kappa shape index (κ2) is 9.21. The van der Waals surface area contributed by atoms with Crippen molar-refractivity contribution in [1.82, 2.24) is 15.2 Å². The first kappa shape index (κ1) is 23.0. The largest absolute Gasteiger partial charge is 0.457 e. The van der Waals surface area contributed by atoms with E-state index in [1.807, 2.05) is 54.6 Å². The molecule has 4 aromatic rings. The van der Waals surface area contributed by atoms with Crippen molar-refractivity contribution in [2.75, 3.05) is 23.3 Å². The van der Waals surface area contributed by atoms with E-state index in [0.717, 1.165) is 11.1 Å². The third kappa shape index (κ3) is 4.25. The summed E-state index contributed by atoms with van der Waals surface area (Å²) in [5, 5.41) is 6.64. The number of thiophene rings is 1. The van der Waals surface area contributed by atoms with E-state index in [2.05, 4.69) is 15.6 Å². The summed E-state index contributed by atoms with van der Waals surface area (Å²) in [6, 6.07) is 18.0. The number of rotatable bonds is 5. The van der Waals surface area contributed by atoms with Crippen molar-refractivity contribution in [3.63, 3.8) is 0 Å². The van der Waals surface area contributed by atoms with Crippen molar-refractivity contribution >= 4 is 56.5 Å². The zero-order valence-electron chi connectivity index (χ0n) is 19.9. The second-order valence-corrected chi connectivity index (χ2v) is 9.91. The van der Waals surface area contributed by atoms with Gasteiger partial charge in [0.15, 0.2) is 0 Å². The molecular formula is C27H23N5O4S. The van der Waals surface area contributed by atoms with Crippen LogP contribution in [0.25, 0.3) is 10.2 Å². The highest BCUT2D eigenvalue weighted by Crippen LogP contribution is 2.45. The van der Waals surface area contributed by atoms with Gasteiger partial charge in [0.2, 0.25) is 5.91 Å². The SMILES string of the molecule is CC(=O)N1CC[C@H](NC(=O)c2sc3nccc4c3c2NC(=O)N4c2ccc(Oc3ccccc3)cc2)C1. The molecule has 37 heavy (non-hydrogen) atoms. The summed E-state index contributed by atoms with van der Waals surface area (Å²) in [6.45, 7) is 2.62. The van der Waals surface area contributed by atoms with Crippen LogP contribution in [0.1, 0.15) is 23.0 Å². The number of pyridine rings is 1. The van der Waals surface area contributed by atoms with Crippen molar-refractivity contribution in [3.05, 3.63) is 71.7 Å². The molecule has 2 aromatic carbocycles. The number of aromatic nitrogens is 1. The van der Waals surface area contributed by atoms with E-state index in [-0.39, 0.29) is 23.9 Å². The summed E-state index contributed by atoms with van der Waals surface area (Å²) in [5.41, 5.74) is 1.77. The van der Waals surface area contributed by atoms with E-state index in [0.29, 0.717) is 52.0 Å². The van der Waals surface area contributed by atoms with Crippen LogP contribution in [0, 0.1) is 0 Å². The highest BCUT2D eigenvalue weighted by molar-refractivity contribution is 7.21. The van der Waals surface area contributed by atoms with Crippen LogP contribution in [-0.2, 0) is 4.79 Å². The van der Waals surface area contributed by atoms with E-state index < -0.39 is 0 Å². The Hall–Kier alpha value is -4.44. The minimum atomic E-state index is -0.368. The lowest BCUT2D eigenvalue weighted by Gasteiger charge is -2.28. The van der Waals surface area contributed by atoms with E-state index in [1.165, 1.54) is 18.3 Å². The van der Waals surface area contributed by atoms with Gasteiger partial charge in [-0.25, -0.2) is 9.78 Å². The lowest BCUT2D eigenvalue weighted by molar-refractivity contribution is -0.127. The average Bonchev–Trinajstić information content (AvgIpc) is 3.51. The van der Waals surface area contributed by atoms with Gasteiger partial charge in [-0.1, -0.05) is 18.2 Å². The molecular weight excluding hydrogens is 490 g/mol. The predicted octanol–water partition coefficient (Wildman–Crippen LogP) is 5.12. The molecule has 1 atom stereocenters. The number of urea groups is 1. The Morgan fingerprint density at radius 3 is 2.57 bits per heavy atom. The Bertz CT molecular complexity index is 1520. The number of carbonyl (C=O) groups excluding carboxylic acids is 3. The van der Waals surface area contributed by atoms with Gasteiger partial charge in [-0.2, -0.15) is 0 Å². The van der Waals surface area contributed by atoms with Gasteiger partial charge in [-0.3, -0.25) is 14.5 Å².